The van der Waals surface area contributed by atoms with Crippen LogP contribution >= 0.6 is 0 Å². The minimum Gasteiger partial charge on any atom is -0.495 e. The molecule has 0 radical (unpaired) electrons. The van der Waals surface area contributed by atoms with Gasteiger partial charge in [0.2, 0.25) is 0 Å². The molecule has 0 amide bonds. The van der Waals surface area contributed by atoms with Crippen LogP contribution in [0.1, 0.15) is 63.9 Å². The van der Waals surface area contributed by atoms with Crippen LogP contribution in [0.15, 0.2) is 67.0 Å². The highest BCUT2D eigenvalue weighted by Crippen LogP contribution is 2.47. The summed E-state index contributed by atoms with van der Waals surface area (Å²) in [6, 6.07) is 10.8. The van der Waals surface area contributed by atoms with Crippen molar-refractivity contribution in [3.05, 3.63) is 72.5 Å². The van der Waals surface area contributed by atoms with E-state index in [9.17, 15) is 0 Å². The number of hydrogen-bond donors (Lipinski definition) is 0. The summed E-state index contributed by atoms with van der Waals surface area (Å²) in [4.78, 5) is 0. The fraction of sp³-hybridized carbons (Fsp3) is 0.571. The Hall–Kier alpha value is -1.76. The topological polar surface area (TPSA) is 9.23 Å². The largest absolute Gasteiger partial charge is 0.495 e. The highest BCUT2D eigenvalue weighted by atomic mass is 16.5. The quantitative estimate of drug-likeness (QED) is 0.457. The molecule has 1 heterocycles. The van der Waals surface area contributed by atoms with Crippen molar-refractivity contribution in [2.24, 2.45) is 29.6 Å². The van der Waals surface area contributed by atoms with Crippen molar-refractivity contribution in [3.8, 4) is 0 Å². The fourth-order valence-electron chi connectivity index (χ4n) is 5.99. The molecular weight excluding hydrogens is 352 g/mol. The van der Waals surface area contributed by atoms with Gasteiger partial charge in [-0.1, -0.05) is 68.1 Å². The molecule has 1 aliphatic heterocycles. The maximum Gasteiger partial charge on any atom is 0.0982 e. The van der Waals surface area contributed by atoms with Crippen molar-refractivity contribution < 1.29 is 4.74 Å². The third kappa shape index (κ3) is 5.44. The zero-order valence-electron chi connectivity index (χ0n) is 18.1. The van der Waals surface area contributed by atoms with Crippen molar-refractivity contribution in [2.75, 3.05) is 0 Å². The molecule has 1 heteroatoms. The van der Waals surface area contributed by atoms with Gasteiger partial charge in [-0.25, -0.2) is 0 Å². The molecule has 29 heavy (non-hydrogen) atoms. The maximum absolute atomic E-state index is 6.02. The molecule has 1 aromatic carbocycles. The Morgan fingerprint density at radius 1 is 1.07 bits per heavy atom. The predicted molar refractivity (Wildman–Crippen MR) is 122 cm³/mol. The van der Waals surface area contributed by atoms with Crippen LogP contribution in [-0.4, -0.2) is 6.10 Å². The summed E-state index contributed by atoms with van der Waals surface area (Å²) in [5, 5.41) is 0. The Kier molecular flexibility index (Phi) is 6.95. The average Bonchev–Trinajstić information content (AvgIpc) is 2.74. The van der Waals surface area contributed by atoms with Gasteiger partial charge in [0.15, 0.2) is 0 Å². The molecule has 2 fully saturated rings. The maximum atomic E-state index is 6.02. The van der Waals surface area contributed by atoms with E-state index in [0.29, 0.717) is 12.0 Å². The van der Waals surface area contributed by atoms with Crippen molar-refractivity contribution in [3.63, 3.8) is 0 Å². The third-order valence-corrected chi connectivity index (χ3v) is 7.62. The molecule has 1 saturated heterocycles. The first kappa shape index (κ1) is 20.5. The lowest BCUT2D eigenvalue weighted by Crippen LogP contribution is -2.35. The van der Waals surface area contributed by atoms with Crippen molar-refractivity contribution in [2.45, 2.75) is 70.8 Å². The van der Waals surface area contributed by atoms with E-state index in [2.05, 4.69) is 68.1 Å². The fourth-order valence-corrected chi connectivity index (χ4v) is 5.99. The molecule has 2 aliphatic carbocycles. The number of allylic oxidation sites excluding steroid dienone is 5. The molecule has 3 aliphatic rings. The summed E-state index contributed by atoms with van der Waals surface area (Å²) < 4.78 is 6.02. The zero-order chi connectivity index (χ0) is 20.1. The number of benzene rings is 1. The van der Waals surface area contributed by atoms with E-state index in [0.717, 1.165) is 42.3 Å². The van der Waals surface area contributed by atoms with E-state index in [-0.39, 0.29) is 0 Å². The van der Waals surface area contributed by atoms with Crippen LogP contribution in [0.25, 0.3) is 0 Å². The van der Waals surface area contributed by atoms with Crippen LogP contribution in [0.3, 0.4) is 0 Å². The Labute approximate surface area is 177 Å². The molecule has 1 nitrogen and oxygen atoms in total. The third-order valence-electron chi connectivity index (χ3n) is 7.62. The van der Waals surface area contributed by atoms with E-state index >= 15 is 0 Å². The smallest absolute Gasteiger partial charge is 0.0982 e. The van der Waals surface area contributed by atoms with Crippen LogP contribution in [0, 0.1) is 29.6 Å². The molecule has 1 saturated carbocycles. The van der Waals surface area contributed by atoms with Gasteiger partial charge >= 0.3 is 0 Å². The Morgan fingerprint density at radius 3 is 2.76 bits per heavy atom. The van der Waals surface area contributed by atoms with Crippen LogP contribution in [0.4, 0.5) is 0 Å². The first-order chi connectivity index (χ1) is 14.2. The summed E-state index contributed by atoms with van der Waals surface area (Å²) in [6.07, 6.45) is 21.6. The predicted octanol–water partition coefficient (Wildman–Crippen LogP) is 7.50. The lowest BCUT2D eigenvalue weighted by Gasteiger charge is -2.44. The Bertz CT molecular complexity index is 715. The number of fused-ring (bicyclic) bond motifs is 1. The minimum atomic E-state index is 0.421. The van der Waals surface area contributed by atoms with Crippen LogP contribution in [0.5, 0.6) is 0 Å². The van der Waals surface area contributed by atoms with Gasteiger partial charge in [-0.3, -0.25) is 0 Å². The second-order valence-corrected chi connectivity index (χ2v) is 9.67. The van der Waals surface area contributed by atoms with Gasteiger partial charge in [-0.15, -0.1) is 0 Å². The standard InChI is InChI=1S/C28H38O/c1-21-14-16-25-20-24(12-7-11-23-9-4-3-5-10-23)15-18-28(25)27(21)19-17-26-13-6-8-22(2)29-26/h3-5,7,9-10,12,14,16,21,24-28H,2,6,8,11,13,15,17-20H2,1H3/b12-7+/t21-,24+,25?,26-,27?,28-/m0/s1. The molecule has 6 atom stereocenters. The van der Waals surface area contributed by atoms with Crippen LogP contribution in [-0.2, 0) is 11.2 Å². The van der Waals surface area contributed by atoms with Crippen molar-refractivity contribution in [1.29, 1.82) is 0 Å². The Balaban J connectivity index is 1.30. The minimum absolute atomic E-state index is 0.421. The van der Waals surface area contributed by atoms with E-state index < -0.39 is 0 Å². The van der Waals surface area contributed by atoms with Crippen LogP contribution in [0.2, 0.25) is 0 Å². The van der Waals surface area contributed by atoms with E-state index in [1.165, 1.54) is 50.5 Å². The highest BCUT2D eigenvalue weighted by Gasteiger charge is 2.38. The first-order valence-corrected chi connectivity index (χ1v) is 11.9. The van der Waals surface area contributed by atoms with Crippen molar-refractivity contribution in [1.82, 2.24) is 0 Å². The second-order valence-electron chi connectivity index (χ2n) is 9.67. The van der Waals surface area contributed by atoms with Crippen LogP contribution < -0.4 is 0 Å². The molecule has 2 unspecified atom stereocenters. The average molecular weight is 391 g/mol. The molecule has 0 aromatic heterocycles. The number of rotatable bonds is 6. The summed E-state index contributed by atoms with van der Waals surface area (Å²) in [5.41, 5.74) is 1.41. The summed E-state index contributed by atoms with van der Waals surface area (Å²) in [5.74, 6) is 4.97. The SMILES string of the molecule is C=C1CCC[C@@H](CCC2[C@H]3CC[C@@H](/C=C/Cc4ccccc4)CC3C=C[C@@H]2C)O1. The monoisotopic (exact) mass is 390 g/mol. The normalized spacial score (nSPS) is 34.7. The summed E-state index contributed by atoms with van der Waals surface area (Å²) in [7, 11) is 0. The van der Waals surface area contributed by atoms with Gasteiger partial charge in [0, 0.05) is 6.42 Å². The molecular formula is C28H38O. The Morgan fingerprint density at radius 2 is 1.93 bits per heavy atom. The van der Waals surface area contributed by atoms with Crippen molar-refractivity contribution >= 4 is 0 Å². The molecule has 1 aromatic rings. The molecule has 0 N–H and O–H groups in total. The van der Waals surface area contributed by atoms with E-state index in [1.807, 2.05) is 0 Å². The number of hydrogen-bond acceptors (Lipinski definition) is 1. The molecule has 0 bridgehead atoms. The first-order valence-electron chi connectivity index (χ1n) is 11.9. The van der Waals surface area contributed by atoms with Gasteiger partial charge < -0.3 is 4.74 Å². The molecule has 4 rings (SSSR count). The molecule has 156 valence electrons. The second kappa shape index (κ2) is 9.83. The number of ether oxygens (including phenoxy) is 1. The lowest BCUT2D eigenvalue weighted by atomic mass is 9.62. The summed E-state index contributed by atoms with van der Waals surface area (Å²) >= 11 is 0. The van der Waals surface area contributed by atoms with Gasteiger partial charge in [0.05, 0.1) is 11.9 Å². The zero-order valence-corrected chi connectivity index (χ0v) is 18.1. The van der Waals surface area contributed by atoms with E-state index in [4.69, 9.17) is 4.74 Å². The lowest BCUT2D eigenvalue weighted by molar-refractivity contribution is 0.0487. The van der Waals surface area contributed by atoms with Gasteiger partial charge in [-0.05, 0) is 86.5 Å². The van der Waals surface area contributed by atoms with Gasteiger partial charge in [-0.2, -0.15) is 0 Å². The van der Waals surface area contributed by atoms with E-state index in [1.54, 1.807) is 0 Å². The van der Waals surface area contributed by atoms with Gasteiger partial charge in [0.25, 0.3) is 0 Å². The molecule has 0 spiro atoms. The van der Waals surface area contributed by atoms with Gasteiger partial charge in [0.1, 0.15) is 0 Å². The summed E-state index contributed by atoms with van der Waals surface area (Å²) in [6.45, 7) is 6.49. The highest BCUT2D eigenvalue weighted by molar-refractivity contribution is 5.18.